The molecule has 0 radical (unpaired) electrons. The fourth-order valence-electron chi connectivity index (χ4n) is 3.82. The average Bonchev–Trinajstić information content (AvgIpc) is 3.25. The van der Waals surface area contributed by atoms with Gasteiger partial charge in [0.25, 0.3) is 0 Å². The first-order valence-corrected chi connectivity index (χ1v) is 9.36. The molecule has 26 heavy (non-hydrogen) atoms. The van der Waals surface area contributed by atoms with E-state index in [0.717, 1.165) is 37.4 Å². The standard InChI is InChI=1S/C20H17BrN4O/c21-11-5-6-13-14(8-23-17(13)7-11)18-10-24-19(20(26)25-18)15-9-22-16-4-2-1-3-12(15)16/h1-9,18-19,22-24H,10H2,(H,25,26)/t18-,19-/m1/s1. The molecule has 1 aliphatic heterocycles. The van der Waals surface area contributed by atoms with Gasteiger partial charge in [-0.2, -0.15) is 0 Å². The van der Waals surface area contributed by atoms with Gasteiger partial charge >= 0.3 is 0 Å². The van der Waals surface area contributed by atoms with Gasteiger partial charge in [0, 0.05) is 56.3 Å². The highest BCUT2D eigenvalue weighted by Crippen LogP contribution is 2.31. The second-order valence-electron chi connectivity index (χ2n) is 6.63. The van der Waals surface area contributed by atoms with Crippen molar-refractivity contribution in [2.75, 3.05) is 6.54 Å². The number of aromatic amines is 2. The largest absolute Gasteiger partial charge is 0.361 e. The highest BCUT2D eigenvalue weighted by atomic mass is 79.9. The minimum Gasteiger partial charge on any atom is -0.361 e. The van der Waals surface area contributed by atoms with Gasteiger partial charge in [-0.25, -0.2) is 0 Å². The summed E-state index contributed by atoms with van der Waals surface area (Å²) in [6.07, 6.45) is 3.90. The van der Waals surface area contributed by atoms with Crippen LogP contribution in [0.3, 0.4) is 0 Å². The van der Waals surface area contributed by atoms with Crippen LogP contribution in [-0.4, -0.2) is 22.4 Å². The Kier molecular flexibility index (Phi) is 3.62. The molecular formula is C20H17BrN4O. The molecular weight excluding hydrogens is 392 g/mol. The monoisotopic (exact) mass is 408 g/mol. The van der Waals surface area contributed by atoms with Gasteiger partial charge in [-0.1, -0.05) is 40.2 Å². The lowest BCUT2D eigenvalue weighted by Gasteiger charge is -2.30. The summed E-state index contributed by atoms with van der Waals surface area (Å²) in [5, 5.41) is 8.81. The van der Waals surface area contributed by atoms with E-state index < -0.39 is 0 Å². The minimum atomic E-state index is -0.346. The third kappa shape index (κ3) is 2.45. The molecule has 4 aromatic rings. The smallest absolute Gasteiger partial charge is 0.242 e. The molecule has 2 atom stereocenters. The van der Waals surface area contributed by atoms with Crippen LogP contribution in [0.5, 0.6) is 0 Å². The zero-order valence-corrected chi connectivity index (χ0v) is 15.4. The molecule has 6 heteroatoms. The number of hydrogen-bond donors (Lipinski definition) is 4. The van der Waals surface area contributed by atoms with Crippen molar-refractivity contribution in [3.63, 3.8) is 0 Å². The molecule has 5 nitrogen and oxygen atoms in total. The predicted octanol–water partition coefficient (Wildman–Crippen LogP) is 3.91. The second-order valence-corrected chi connectivity index (χ2v) is 7.54. The summed E-state index contributed by atoms with van der Waals surface area (Å²) in [4.78, 5) is 19.4. The Bertz CT molecular complexity index is 1130. The zero-order chi connectivity index (χ0) is 17.7. The molecule has 0 unspecified atom stereocenters. The van der Waals surface area contributed by atoms with Gasteiger partial charge in [0.15, 0.2) is 0 Å². The Labute approximate surface area is 158 Å². The van der Waals surface area contributed by atoms with E-state index >= 15 is 0 Å². The summed E-state index contributed by atoms with van der Waals surface area (Å²) in [6.45, 7) is 0.679. The summed E-state index contributed by atoms with van der Waals surface area (Å²) in [5.41, 5.74) is 4.19. The number of carbonyl (C=O) groups excluding carboxylic acids is 1. The molecule has 1 saturated heterocycles. The van der Waals surface area contributed by atoms with E-state index in [0.29, 0.717) is 6.54 Å². The van der Waals surface area contributed by atoms with E-state index in [9.17, 15) is 4.79 Å². The lowest BCUT2D eigenvalue weighted by atomic mass is 9.98. The number of H-pyrrole nitrogens is 2. The van der Waals surface area contributed by atoms with E-state index in [-0.39, 0.29) is 18.0 Å². The summed E-state index contributed by atoms with van der Waals surface area (Å²) in [7, 11) is 0. The normalized spacial score (nSPS) is 20.6. The van der Waals surface area contributed by atoms with Crippen molar-refractivity contribution in [2.45, 2.75) is 12.1 Å². The van der Waals surface area contributed by atoms with Gasteiger partial charge in [0.05, 0.1) is 6.04 Å². The molecule has 0 saturated carbocycles. The van der Waals surface area contributed by atoms with Crippen LogP contribution in [-0.2, 0) is 4.79 Å². The number of fused-ring (bicyclic) bond motifs is 2. The third-order valence-electron chi connectivity index (χ3n) is 5.09. The number of rotatable bonds is 2. The fourth-order valence-corrected chi connectivity index (χ4v) is 4.18. The van der Waals surface area contributed by atoms with Crippen LogP contribution in [0.2, 0.25) is 0 Å². The van der Waals surface area contributed by atoms with E-state index in [2.05, 4.69) is 42.6 Å². The minimum absolute atomic E-state index is 0.00235. The first-order valence-electron chi connectivity index (χ1n) is 8.57. The van der Waals surface area contributed by atoms with Crippen LogP contribution in [0.25, 0.3) is 21.8 Å². The van der Waals surface area contributed by atoms with Crippen LogP contribution in [0.1, 0.15) is 23.2 Å². The maximum absolute atomic E-state index is 12.8. The van der Waals surface area contributed by atoms with Gasteiger partial charge in [0.1, 0.15) is 6.04 Å². The first-order chi connectivity index (χ1) is 12.7. The van der Waals surface area contributed by atoms with Crippen molar-refractivity contribution < 1.29 is 4.79 Å². The maximum atomic E-state index is 12.8. The van der Waals surface area contributed by atoms with Gasteiger partial charge in [-0.15, -0.1) is 0 Å². The predicted molar refractivity (Wildman–Crippen MR) is 106 cm³/mol. The number of carbonyl (C=O) groups is 1. The van der Waals surface area contributed by atoms with Crippen LogP contribution < -0.4 is 10.6 Å². The van der Waals surface area contributed by atoms with Crippen molar-refractivity contribution in [3.05, 3.63) is 70.5 Å². The Hall–Kier alpha value is -2.57. The summed E-state index contributed by atoms with van der Waals surface area (Å²) >= 11 is 3.49. The fraction of sp³-hybridized carbons (Fsp3) is 0.150. The quantitative estimate of drug-likeness (QED) is 0.405. The molecule has 0 aliphatic carbocycles. The number of para-hydroxylation sites is 1. The van der Waals surface area contributed by atoms with Gasteiger partial charge in [-0.05, 0) is 18.2 Å². The molecule has 1 amide bonds. The van der Waals surface area contributed by atoms with Crippen molar-refractivity contribution in [1.82, 2.24) is 20.6 Å². The molecule has 2 aromatic heterocycles. The number of piperazine rings is 1. The molecule has 4 N–H and O–H groups in total. The Morgan fingerprint density at radius 2 is 1.69 bits per heavy atom. The number of amides is 1. The second kappa shape index (κ2) is 6.00. The highest BCUT2D eigenvalue weighted by Gasteiger charge is 2.31. The van der Waals surface area contributed by atoms with Crippen molar-refractivity contribution in [1.29, 1.82) is 0 Å². The Morgan fingerprint density at radius 3 is 2.58 bits per heavy atom. The summed E-state index contributed by atoms with van der Waals surface area (Å²) in [6, 6.07) is 13.8. The van der Waals surface area contributed by atoms with Crippen LogP contribution >= 0.6 is 15.9 Å². The first kappa shape index (κ1) is 15.7. The highest BCUT2D eigenvalue weighted by molar-refractivity contribution is 9.10. The third-order valence-corrected chi connectivity index (χ3v) is 5.58. The topological polar surface area (TPSA) is 72.7 Å². The van der Waals surface area contributed by atoms with E-state index in [1.54, 1.807) is 0 Å². The van der Waals surface area contributed by atoms with Gasteiger partial charge < -0.3 is 15.3 Å². The molecule has 1 aliphatic rings. The van der Waals surface area contributed by atoms with Gasteiger partial charge in [0.2, 0.25) is 5.91 Å². The lowest BCUT2D eigenvalue weighted by molar-refractivity contribution is -0.125. The lowest BCUT2D eigenvalue weighted by Crippen LogP contribution is -2.49. The number of nitrogens with one attached hydrogen (secondary N) is 4. The van der Waals surface area contributed by atoms with E-state index in [4.69, 9.17) is 0 Å². The molecule has 2 aromatic carbocycles. The number of aromatic nitrogens is 2. The summed E-state index contributed by atoms with van der Waals surface area (Å²) < 4.78 is 1.03. The maximum Gasteiger partial charge on any atom is 0.242 e. The van der Waals surface area contributed by atoms with Crippen LogP contribution in [0.15, 0.2) is 59.3 Å². The number of benzene rings is 2. The average molecular weight is 409 g/mol. The van der Waals surface area contributed by atoms with Crippen molar-refractivity contribution >= 4 is 43.6 Å². The van der Waals surface area contributed by atoms with Crippen LogP contribution in [0.4, 0.5) is 0 Å². The summed E-state index contributed by atoms with van der Waals surface area (Å²) in [5.74, 6) is -0.00235. The molecule has 3 heterocycles. The number of halogens is 1. The molecule has 0 bridgehead atoms. The Balaban J connectivity index is 1.44. The molecule has 5 rings (SSSR count). The zero-order valence-electron chi connectivity index (χ0n) is 13.8. The SMILES string of the molecule is O=C1N[C@@H](c2c[nH]c3cc(Br)ccc23)CN[C@@H]1c1c[nH]c2ccccc12. The van der Waals surface area contributed by atoms with Gasteiger partial charge in [-0.3, -0.25) is 10.1 Å². The molecule has 0 spiro atoms. The van der Waals surface area contributed by atoms with Crippen molar-refractivity contribution in [3.8, 4) is 0 Å². The Morgan fingerprint density at radius 1 is 0.923 bits per heavy atom. The van der Waals surface area contributed by atoms with E-state index in [1.807, 2.05) is 48.8 Å². The van der Waals surface area contributed by atoms with Crippen LogP contribution in [0, 0.1) is 0 Å². The van der Waals surface area contributed by atoms with E-state index in [1.165, 1.54) is 0 Å². The number of hydrogen-bond acceptors (Lipinski definition) is 2. The molecule has 1 fully saturated rings. The molecule has 130 valence electrons. The van der Waals surface area contributed by atoms with Crippen molar-refractivity contribution in [2.24, 2.45) is 0 Å².